The lowest BCUT2D eigenvalue weighted by Gasteiger charge is -2.20. The van der Waals surface area contributed by atoms with Gasteiger partial charge in [-0.3, -0.25) is 0 Å². The van der Waals surface area contributed by atoms with Gasteiger partial charge in [0.15, 0.2) is 4.67 Å². The molecule has 3 saturated carbocycles. The van der Waals surface area contributed by atoms with Crippen molar-refractivity contribution in [3.05, 3.63) is 22.6 Å². The summed E-state index contributed by atoms with van der Waals surface area (Å²) >= 11 is 3.44. The normalized spacial score (nSPS) is 40.4. The molecule has 5 unspecified atom stereocenters. The van der Waals surface area contributed by atoms with Crippen molar-refractivity contribution >= 4 is 15.9 Å². The molecule has 0 spiro atoms. The Morgan fingerprint density at radius 2 is 2.05 bits per heavy atom. The quantitative estimate of drug-likeness (QED) is 0.870. The van der Waals surface area contributed by atoms with E-state index in [1.807, 2.05) is 6.07 Å². The average molecular weight is 324 g/mol. The van der Waals surface area contributed by atoms with Crippen molar-refractivity contribution in [3.8, 4) is 0 Å². The first-order valence-corrected chi connectivity index (χ1v) is 8.57. The molecule has 0 saturated heterocycles. The Morgan fingerprint density at radius 3 is 2.63 bits per heavy atom. The highest BCUT2D eigenvalue weighted by Gasteiger charge is 2.67. The van der Waals surface area contributed by atoms with Crippen LogP contribution in [0.3, 0.4) is 0 Å². The monoisotopic (exact) mass is 323 g/mol. The Balaban J connectivity index is 1.55. The van der Waals surface area contributed by atoms with Gasteiger partial charge >= 0.3 is 0 Å². The minimum atomic E-state index is 0.449. The second-order valence-electron chi connectivity index (χ2n) is 6.64. The molecule has 0 aliphatic heterocycles. The van der Waals surface area contributed by atoms with E-state index >= 15 is 0 Å². The maximum absolute atomic E-state index is 5.85. The largest absolute Gasteiger partial charge is 0.453 e. The van der Waals surface area contributed by atoms with Crippen molar-refractivity contribution < 1.29 is 4.42 Å². The van der Waals surface area contributed by atoms with E-state index in [1.165, 1.54) is 25.7 Å². The van der Waals surface area contributed by atoms with Crippen molar-refractivity contribution in [1.82, 2.24) is 5.32 Å². The third-order valence-corrected chi connectivity index (χ3v) is 6.12. The van der Waals surface area contributed by atoms with Crippen LogP contribution in [0.25, 0.3) is 0 Å². The summed E-state index contributed by atoms with van der Waals surface area (Å²) in [6.07, 6.45) is 5.69. The molecular formula is C16H22BrNO. The van der Waals surface area contributed by atoms with Crippen LogP contribution < -0.4 is 5.32 Å². The van der Waals surface area contributed by atoms with E-state index in [-0.39, 0.29) is 0 Å². The molecule has 2 nitrogen and oxygen atoms in total. The number of hydrogen-bond acceptors (Lipinski definition) is 2. The maximum Gasteiger partial charge on any atom is 0.169 e. The lowest BCUT2D eigenvalue weighted by atomic mass is 9.96. The SMILES string of the molecule is CCCNC(c1ccc(Br)o1)C1C2C3CCC(C3)C21. The molecule has 3 aliphatic rings. The van der Waals surface area contributed by atoms with E-state index in [9.17, 15) is 0 Å². The molecule has 1 aromatic heterocycles. The standard InChI is InChI=1S/C16H22BrNO/c1-2-7-18-16(11-5-6-12(17)19-11)15-13-9-3-4-10(8-9)14(13)15/h5-6,9-10,13-16,18H,2-4,7-8H2,1H3. The molecule has 1 N–H and O–H groups in total. The Hall–Kier alpha value is -0.280. The van der Waals surface area contributed by atoms with Crippen molar-refractivity contribution in [1.29, 1.82) is 0 Å². The van der Waals surface area contributed by atoms with Gasteiger partial charge in [-0.1, -0.05) is 6.92 Å². The summed E-state index contributed by atoms with van der Waals surface area (Å²) < 4.78 is 6.72. The Bertz CT molecular complexity index is 455. The number of rotatable bonds is 5. The summed E-state index contributed by atoms with van der Waals surface area (Å²) in [5, 5.41) is 3.74. The van der Waals surface area contributed by atoms with Gasteiger partial charge in [0, 0.05) is 0 Å². The van der Waals surface area contributed by atoms with Crippen LogP contribution >= 0.6 is 15.9 Å². The third-order valence-electron chi connectivity index (χ3n) is 5.69. The van der Waals surface area contributed by atoms with Gasteiger partial charge in [0.05, 0.1) is 6.04 Å². The molecule has 5 atom stereocenters. The van der Waals surface area contributed by atoms with Crippen LogP contribution in [0.1, 0.15) is 44.4 Å². The van der Waals surface area contributed by atoms with E-state index in [4.69, 9.17) is 4.42 Å². The molecule has 2 bridgehead atoms. The Morgan fingerprint density at radius 1 is 1.32 bits per heavy atom. The van der Waals surface area contributed by atoms with Crippen LogP contribution in [0, 0.1) is 29.6 Å². The number of halogens is 1. The van der Waals surface area contributed by atoms with Gasteiger partial charge in [0.1, 0.15) is 5.76 Å². The first-order chi connectivity index (χ1) is 9.29. The minimum Gasteiger partial charge on any atom is -0.453 e. The van der Waals surface area contributed by atoms with E-state index in [0.717, 1.165) is 46.6 Å². The van der Waals surface area contributed by atoms with Crippen LogP contribution in [-0.2, 0) is 0 Å². The Kier molecular flexibility index (Phi) is 3.03. The second-order valence-corrected chi connectivity index (χ2v) is 7.42. The predicted octanol–water partition coefficient (Wildman–Crippen LogP) is 4.37. The molecule has 0 radical (unpaired) electrons. The van der Waals surface area contributed by atoms with Crippen molar-refractivity contribution in [3.63, 3.8) is 0 Å². The summed E-state index contributed by atoms with van der Waals surface area (Å²) in [6, 6.07) is 4.63. The van der Waals surface area contributed by atoms with E-state index in [0.29, 0.717) is 6.04 Å². The third kappa shape index (κ3) is 1.92. The number of hydrogen-bond donors (Lipinski definition) is 1. The Labute approximate surface area is 123 Å². The van der Waals surface area contributed by atoms with E-state index in [2.05, 4.69) is 34.2 Å². The first-order valence-electron chi connectivity index (χ1n) is 7.78. The molecule has 3 heteroatoms. The van der Waals surface area contributed by atoms with Gasteiger partial charge < -0.3 is 9.73 Å². The van der Waals surface area contributed by atoms with Crippen LogP contribution in [0.15, 0.2) is 21.2 Å². The van der Waals surface area contributed by atoms with E-state index in [1.54, 1.807) is 0 Å². The van der Waals surface area contributed by atoms with Crippen molar-refractivity contribution in [2.75, 3.05) is 6.54 Å². The highest BCUT2D eigenvalue weighted by atomic mass is 79.9. The highest BCUT2D eigenvalue weighted by molar-refractivity contribution is 9.10. The summed E-state index contributed by atoms with van der Waals surface area (Å²) in [4.78, 5) is 0. The topological polar surface area (TPSA) is 25.2 Å². The van der Waals surface area contributed by atoms with Crippen LogP contribution in [0.2, 0.25) is 0 Å². The number of fused-ring (bicyclic) bond motifs is 5. The fraction of sp³-hybridized carbons (Fsp3) is 0.750. The van der Waals surface area contributed by atoms with Crippen LogP contribution in [0.5, 0.6) is 0 Å². The van der Waals surface area contributed by atoms with E-state index < -0.39 is 0 Å². The van der Waals surface area contributed by atoms with Crippen molar-refractivity contribution in [2.45, 2.75) is 38.6 Å². The van der Waals surface area contributed by atoms with Gasteiger partial charge in [-0.2, -0.15) is 0 Å². The zero-order valence-electron chi connectivity index (χ0n) is 11.4. The van der Waals surface area contributed by atoms with Gasteiger partial charge in [0.25, 0.3) is 0 Å². The van der Waals surface area contributed by atoms with Crippen LogP contribution in [0.4, 0.5) is 0 Å². The summed E-state index contributed by atoms with van der Waals surface area (Å²) in [6.45, 7) is 3.33. The van der Waals surface area contributed by atoms with Gasteiger partial charge in [-0.15, -0.1) is 0 Å². The minimum absolute atomic E-state index is 0.449. The molecule has 19 heavy (non-hydrogen) atoms. The second kappa shape index (κ2) is 4.63. The molecule has 4 rings (SSSR count). The summed E-state index contributed by atoms with van der Waals surface area (Å²) in [5.74, 6) is 6.04. The maximum atomic E-state index is 5.85. The zero-order chi connectivity index (χ0) is 13.0. The molecule has 0 aromatic carbocycles. The lowest BCUT2D eigenvalue weighted by Crippen LogP contribution is -2.26. The number of furan rings is 1. The highest BCUT2D eigenvalue weighted by Crippen LogP contribution is 2.72. The zero-order valence-corrected chi connectivity index (χ0v) is 13.0. The first kappa shape index (κ1) is 12.5. The van der Waals surface area contributed by atoms with Crippen LogP contribution in [-0.4, -0.2) is 6.54 Å². The molecule has 3 fully saturated rings. The van der Waals surface area contributed by atoms with Gasteiger partial charge in [0.2, 0.25) is 0 Å². The van der Waals surface area contributed by atoms with Crippen molar-refractivity contribution in [2.24, 2.45) is 29.6 Å². The smallest absolute Gasteiger partial charge is 0.169 e. The number of nitrogens with one attached hydrogen (secondary N) is 1. The fourth-order valence-corrected chi connectivity index (χ4v) is 5.38. The fourth-order valence-electron chi connectivity index (χ4n) is 5.06. The van der Waals surface area contributed by atoms with Gasteiger partial charge in [-0.25, -0.2) is 0 Å². The average Bonchev–Trinajstić information content (AvgIpc) is 2.78. The predicted molar refractivity (Wildman–Crippen MR) is 78.7 cm³/mol. The molecule has 1 heterocycles. The van der Waals surface area contributed by atoms with Gasteiger partial charge in [-0.05, 0) is 89.9 Å². The summed E-state index contributed by atoms with van der Waals surface area (Å²) in [7, 11) is 0. The molecule has 0 amide bonds. The molecule has 3 aliphatic carbocycles. The molecule has 1 aromatic rings. The molecule has 104 valence electrons. The summed E-state index contributed by atoms with van der Waals surface area (Å²) in [5.41, 5.74) is 0. The molecular weight excluding hydrogens is 302 g/mol. The lowest BCUT2D eigenvalue weighted by molar-refractivity contribution is 0.320.